The fraction of sp³-hybridized carbons (Fsp3) is 1.00. The Morgan fingerprint density at radius 3 is 3.09 bits per heavy atom. The zero-order valence-corrected chi connectivity index (χ0v) is 8.07. The zero-order valence-electron chi connectivity index (χ0n) is 7.25. The quantitative estimate of drug-likeness (QED) is 0.547. The molecule has 2 heterocycles. The van der Waals surface area contributed by atoms with Crippen LogP contribution in [0.5, 0.6) is 0 Å². The molecule has 0 radical (unpaired) electrons. The van der Waals surface area contributed by atoms with Gasteiger partial charge in [0.1, 0.15) is 0 Å². The van der Waals surface area contributed by atoms with Crippen molar-refractivity contribution in [2.75, 3.05) is 24.6 Å². The van der Waals surface area contributed by atoms with Crippen molar-refractivity contribution < 1.29 is 0 Å². The smallest absolute Gasteiger partial charge is 0.0212 e. The molecule has 2 atom stereocenters. The first-order valence-corrected chi connectivity index (χ1v) is 5.85. The molecule has 0 bridgehead atoms. The normalized spacial score (nSPS) is 40.1. The van der Waals surface area contributed by atoms with E-state index in [1.54, 1.807) is 0 Å². The van der Waals surface area contributed by atoms with Gasteiger partial charge in [-0.3, -0.25) is 4.90 Å². The van der Waals surface area contributed by atoms with Gasteiger partial charge in [0.25, 0.3) is 0 Å². The van der Waals surface area contributed by atoms with Crippen molar-refractivity contribution in [1.29, 1.82) is 0 Å². The summed E-state index contributed by atoms with van der Waals surface area (Å²) < 4.78 is 0. The van der Waals surface area contributed by atoms with Gasteiger partial charge in [0.05, 0.1) is 0 Å². The minimum absolute atomic E-state index is 0.919. The summed E-state index contributed by atoms with van der Waals surface area (Å²) in [5.74, 6) is 3.71. The molecule has 0 N–H and O–H groups in total. The second-order valence-electron chi connectivity index (χ2n) is 3.80. The van der Waals surface area contributed by atoms with Gasteiger partial charge in [0.15, 0.2) is 0 Å². The van der Waals surface area contributed by atoms with Gasteiger partial charge in [-0.05, 0) is 25.3 Å². The molecule has 11 heavy (non-hydrogen) atoms. The molecule has 64 valence electrons. The molecular formula is C9H17NS. The van der Waals surface area contributed by atoms with E-state index in [2.05, 4.69) is 23.6 Å². The third-order valence-corrected chi connectivity index (χ3v) is 4.09. The zero-order chi connectivity index (χ0) is 7.68. The van der Waals surface area contributed by atoms with Crippen LogP contribution in [0.3, 0.4) is 0 Å². The Hall–Kier alpha value is 0.310. The van der Waals surface area contributed by atoms with Crippen LogP contribution in [-0.2, 0) is 0 Å². The lowest BCUT2D eigenvalue weighted by atomic mass is 9.92. The fourth-order valence-electron chi connectivity index (χ4n) is 2.27. The lowest BCUT2D eigenvalue weighted by Gasteiger charge is -2.42. The van der Waals surface area contributed by atoms with Gasteiger partial charge in [-0.25, -0.2) is 0 Å². The third kappa shape index (κ3) is 1.57. The van der Waals surface area contributed by atoms with Gasteiger partial charge < -0.3 is 0 Å². The van der Waals surface area contributed by atoms with Gasteiger partial charge in [0, 0.05) is 24.1 Å². The summed E-state index contributed by atoms with van der Waals surface area (Å²) in [5.41, 5.74) is 0. The predicted molar refractivity (Wildman–Crippen MR) is 51.1 cm³/mol. The van der Waals surface area contributed by atoms with Crippen LogP contribution < -0.4 is 0 Å². The molecule has 2 aliphatic heterocycles. The lowest BCUT2D eigenvalue weighted by molar-refractivity contribution is 0.120. The van der Waals surface area contributed by atoms with E-state index in [4.69, 9.17) is 0 Å². The van der Waals surface area contributed by atoms with Gasteiger partial charge in [0.2, 0.25) is 0 Å². The summed E-state index contributed by atoms with van der Waals surface area (Å²) in [4.78, 5) is 2.70. The summed E-state index contributed by atoms with van der Waals surface area (Å²) in [6.07, 6.45) is 2.89. The number of piperidine rings is 1. The Morgan fingerprint density at radius 1 is 1.36 bits per heavy atom. The van der Waals surface area contributed by atoms with Crippen molar-refractivity contribution in [1.82, 2.24) is 4.90 Å². The molecule has 0 aromatic heterocycles. The number of nitrogens with zero attached hydrogens (tertiary/aromatic N) is 1. The summed E-state index contributed by atoms with van der Waals surface area (Å²) in [6.45, 7) is 5.14. The van der Waals surface area contributed by atoms with Gasteiger partial charge in [-0.15, -0.1) is 0 Å². The number of rotatable bonds is 0. The summed E-state index contributed by atoms with van der Waals surface area (Å²) in [5, 5.41) is 0. The first-order chi connectivity index (χ1) is 5.38. The van der Waals surface area contributed by atoms with Crippen LogP contribution in [0.4, 0.5) is 0 Å². The molecule has 0 aliphatic carbocycles. The second kappa shape index (κ2) is 3.36. The lowest BCUT2D eigenvalue weighted by Crippen LogP contribution is -2.49. The van der Waals surface area contributed by atoms with Crippen LogP contribution in [-0.4, -0.2) is 35.5 Å². The van der Waals surface area contributed by atoms with Crippen LogP contribution in [0.1, 0.15) is 19.8 Å². The highest BCUT2D eigenvalue weighted by Crippen LogP contribution is 2.28. The Morgan fingerprint density at radius 2 is 2.27 bits per heavy atom. The Labute approximate surface area is 73.5 Å². The minimum atomic E-state index is 0.919. The van der Waals surface area contributed by atoms with Crippen molar-refractivity contribution in [3.63, 3.8) is 0 Å². The summed E-state index contributed by atoms with van der Waals surface area (Å²) in [6, 6.07) is 0.919. The topological polar surface area (TPSA) is 3.24 Å². The number of hydrogen-bond donors (Lipinski definition) is 0. The van der Waals surface area contributed by atoms with Crippen molar-refractivity contribution in [2.45, 2.75) is 25.8 Å². The molecule has 2 aliphatic rings. The molecule has 0 saturated carbocycles. The van der Waals surface area contributed by atoms with Crippen LogP contribution >= 0.6 is 11.8 Å². The Kier molecular flexibility index (Phi) is 2.42. The molecule has 2 saturated heterocycles. The average molecular weight is 171 g/mol. The predicted octanol–water partition coefficient (Wildman–Crippen LogP) is 1.83. The van der Waals surface area contributed by atoms with E-state index >= 15 is 0 Å². The van der Waals surface area contributed by atoms with Crippen molar-refractivity contribution in [3.8, 4) is 0 Å². The van der Waals surface area contributed by atoms with E-state index < -0.39 is 0 Å². The Bertz CT molecular complexity index is 136. The largest absolute Gasteiger partial charge is 0.298 e. The molecule has 2 rings (SSSR count). The van der Waals surface area contributed by atoms with Crippen LogP contribution in [0.2, 0.25) is 0 Å². The maximum absolute atomic E-state index is 2.70. The van der Waals surface area contributed by atoms with Gasteiger partial charge >= 0.3 is 0 Å². The van der Waals surface area contributed by atoms with Gasteiger partial charge in [-0.1, -0.05) is 6.92 Å². The second-order valence-corrected chi connectivity index (χ2v) is 4.95. The third-order valence-electron chi connectivity index (χ3n) is 3.04. The van der Waals surface area contributed by atoms with Crippen molar-refractivity contribution in [3.05, 3.63) is 0 Å². The molecule has 0 aromatic rings. The van der Waals surface area contributed by atoms with E-state index in [0.29, 0.717) is 0 Å². The standard InChI is InChI=1S/C9H17NS/c1-8-3-2-4-10-5-6-11-7-9(8)10/h8-9H,2-7H2,1H3/t8-,9?/m1/s1. The molecular weight excluding hydrogens is 154 g/mol. The highest BCUT2D eigenvalue weighted by atomic mass is 32.2. The first kappa shape index (κ1) is 7.93. The van der Waals surface area contributed by atoms with Crippen LogP contribution in [0.25, 0.3) is 0 Å². The highest BCUT2D eigenvalue weighted by Gasteiger charge is 2.30. The number of hydrogen-bond acceptors (Lipinski definition) is 2. The maximum atomic E-state index is 2.70. The molecule has 0 aromatic carbocycles. The molecule has 2 fully saturated rings. The van der Waals surface area contributed by atoms with Crippen molar-refractivity contribution in [2.24, 2.45) is 5.92 Å². The summed E-state index contributed by atoms with van der Waals surface area (Å²) >= 11 is 2.14. The van der Waals surface area contributed by atoms with E-state index in [9.17, 15) is 0 Å². The molecule has 1 nitrogen and oxygen atoms in total. The van der Waals surface area contributed by atoms with E-state index in [0.717, 1.165) is 12.0 Å². The van der Waals surface area contributed by atoms with Gasteiger partial charge in [-0.2, -0.15) is 11.8 Å². The number of fused-ring (bicyclic) bond motifs is 1. The molecule has 1 unspecified atom stereocenters. The summed E-state index contributed by atoms with van der Waals surface area (Å²) in [7, 11) is 0. The van der Waals surface area contributed by atoms with E-state index in [1.807, 2.05) is 0 Å². The van der Waals surface area contributed by atoms with E-state index in [-0.39, 0.29) is 0 Å². The number of thioether (sulfide) groups is 1. The van der Waals surface area contributed by atoms with Crippen LogP contribution in [0.15, 0.2) is 0 Å². The van der Waals surface area contributed by atoms with E-state index in [1.165, 1.54) is 37.4 Å². The maximum Gasteiger partial charge on any atom is 0.0212 e. The SMILES string of the molecule is C[C@@H]1CCCN2CCSCC12. The first-order valence-electron chi connectivity index (χ1n) is 4.70. The van der Waals surface area contributed by atoms with Crippen molar-refractivity contribution >= 4 is 11.8 Å². The fourth-order valence-corrected chi connectivity index (χ4v) is 3.58. The molecule has 2 heteroatoms. The molecule has 0 spiro atoms. The average Bonchev–Trinajstić information content (AvgIpc) is 2.06. The molecule has 0 amide bonds. The van der Waals surface area contributed by atoms with Crippen LogP contribution in [0, 0.1) is 5.92 Å². The monoisotopic (exact) mass is 171 g/mol. The highest BCUT2D eigenvalue weighted by molar-refractivity contribution is 7.99. The minimum Gasteiger partial charge on any atom is -0.298 e. The Balaban J connectivity index is 1.99.